The van der Waals surface area contributed by atoms with Crippen LogP contribution in [-0.4, -0.2) is 40.4 Å². The number of nitrogens with zero attached hydrogens (tertiary/aromatic N) is 3. The fraction of sp³-hybridized carbons (Fsp3) is 0.429. The maximum atomic E-state index is 13.2. The topological polar surface area (TPSA) is 60.7 Å². The molecule has 31 heavy (non-hydrogen) atoms. The lowest BCUT2D eigenvalue weighted by atomic mass is 10.2. The van der Waals surface area contributed by atoms with Crippen molar-refractivity contribution in [2.75, 3.05) is 25.1 Å². The summed E-state index contributed by atoms with van der Waals surface area (Å²) in [7, 11) is 0. The predicted octanol–water partition coefficient (Wildman–Crippen LogP) is 4.79. The molecule has 0 amide bonds. The predicted molar refractivity (Wildman–Crippen MR) is 111 cm³/mol. The van der Waals surface area contributed by atoms with Crippen molar-refractivity contribution in [3.8, 4) is 11.3 Å². The van der Waals surface area contributed by atoms with Gasteiger partial charge in [0, 0.05) is 18.5 Å². The number of nitrogens with one attached hydrogen (secondary N) is 1. The summed E-state index contributed by atoms with van der Waals surface area (Å²) in [5.74, 6) is 3.08. The third-order valence-electron chi connectivity index (χ3n) is 4.98. The second kappa shape index (κ2) is 9.30. The minimum Gasteiger partial charge on any atom is -0.367 e. The third-order valence-corrected chi connectivity index (χ3v) is 5.07. The molecular weight excluding hydrogens is 433 g/mol. The number of fused-ring (bicyclic) bond motifs is 3. The molecule has 1 aliphatic heterocycles. The van der Waals surface area contributed by atoms with Gasteiger partial charge in [0.2, 0.25) is 0 Å². The zero-order valence-electron chi connectivity index (χ0n) is 16.5. The average Bonchev–Trinajstić information content (AvgIpc) is 3.18. The van der Waals surface area contributed by atoms with Gasteiger partial charge in [-0.3, -0.25) is 4.40 Å². The fourth-order valence-corrected chi connectivity index (χ4v) is 3.60. The molecule has 1 aliphatic rings. The number of benzene rings is 1. The van der Waals surface area contributed by atoms with Crippen LogP contribution in [0.15, 0.2) is 24.4 Å². The van der Waals surface area contributed by atoms with Crippen LogP contribution in [0.1, 0.15) is 36.9 Å². The lowest BCUT2D eigenvalue weighted by molar-refractivity contribution is -0.162. The molecule has 1 saturated heterocycles. The lowest BCUT2D eigenvalue weighted by Crippen LogP contribution is -2.23. The van der Waals surface area contributed by atoms with Crippen molar-refractivity contribution in [1.29, 1.82) is 0 Å². The minimum atomic E-state index is -4.47. The molecule has 6 nitrogen and oxygen atoms in total. The van der Waals surface area contributed by atoms with E-state index in [4.69, 9.17) is 21.1 Å². The van der Waals surface area contributed by atoms with E-state index in [9.17, 15) is 13.2 Å². The van der Waals surface area contributed by atoms with Crippen molar-refractivity contribution in [2.45, 2.75) is 38.1 Å². The molecule has 2 aromatic heterocycles. The molecule has 0 aliphatic carbocycles. The van der Waals surface area contributed by atoms with Crippen LogP contribution < -0.4 is 5.32 Å². The molecule has 0 bridgehead atoms. The fourth-order valence-electron chi connectivity index (χ4n) is 3.50. The Kier molecular flexibility index (Phi) is 6.51. The van der Waals surface area contributed by atoms with Gasteiger partial charge in [-0.05, 0) is 61.4 Å². The largest absolute Gasteiger partial charge is 0.416 e. The summed E-state index contributed by atoms with van der Waals surface area (Å²) in [6.07, 6.45) is 0.590. The number of anilines is 1. The van der Waals surface area contributed by atoms with Crippen molar-refractivity contribution < 1.29 is 22.6 Å². The highest BCUT2D eigenvalue weighted by molar-refractivity contribution is 6.30. The van der Waals surface area contributed by atoms with Gasteiger partial charge >= 0.3 is 6.18 Å². The summed E-state index contributed by atoms with van der Waals surface area (Å²) in [6.45, 7) is 1.72. The molecule has 1 aromatic carbocycles. The molecule has 0 radical (unpaired) electrons. The Morgan fingerprint density at radius 1 is 1.32 bits per heavy atom. The van der Waals surface area contributed by atoms with E-state index in [2.05, 4.69) is 26.6 Å². The lowest BCUT2D eigenvalue weighted by Gasteiger charge is -2.22. The summed E-state index contributed by atoms with van der Waals surface area (Å²) in [4.78, 5) is 8.73. The molecule has 10 heteroatoms. The Morgan fingerprint density at radius 3 is 2.94 bits per heavy atom. The van der Waals surface area contributed by atoms with Crippen LogP contribution in [0.3, 0.4) is 0 Å². The number of imidazole rings is 1. The van der Waals surface area contributed by atoms with Gasteiger partial charge in [-0.1, -0.05) is 0 Å². The Labute approximate surface area is 181 Å². The smallest absolute Gasteiger partial charge is 0.367 e. The zero-order chi connectivity index (χ0) is 21.8. The van der Waals surface area contributed by atoms with Gasteiger partial charge in [0.15, 0.2) is 17.8 Å². The summed E-state index contributed by atoms with van der Waals surface area (Å²) in [5, 5.41) is 5.44. The van der Waals surface area contributed by atoms with Gasteiger partial charge in [0.1, 0.15) is 5.69 Å². The molecule has 0 saturated carbocycles. The van der Waals surface area contributed by atoms with E-state index < -0.39 is 11.7 Å². The first-order valence-corrected chi connectivity index (χ1v) is 10.3. The van der Waals surface area contributed by atoms with E-state index in [0.717, 1.165) is 38.0 Å². The number of aromatic nitrogens is 3. The standard InChI is InChI=1S/C21H20ClF3N4O2/c22-8-7-15-13-27-20-19(26-9-3-11-31-18-4-1-2-10-30-18)28-16-12-14(21(23,24)25)5-6-17(16)29(15)20/h5-6,12-13,18H,1-4,9-11H2,(H,26,28). The van der Waals surface area contributed by atoms with E-state index in [1.807, 2.05) is 0 Å². The van der Waals surface area contributed by atoms with Gasteiger partial charge in [-0.2, -0.15) is 13.2 Å². The van der Waals surface area contributed by atoms with Crippen LogP contribution in [0.2, 0.25) is 0 Å². The number of ether oxygens (including phenoxy) is 2. The van der Waals surface area contributed by atoms with Gasteiger partial charge < -0.3 is 14.8 Å². The summed E-state index contributed by atoms with van der Waals surface area (Å²) in [6, 6.07) is 3.39. The third kappa shape index (κ3) is 4.87. The SMILES string of the molecule is FC(F)(F)c1ccc2c(c1)nc(NCCCOC1CCCCO1)c1ncc(C#CCl)n12. The van der Waals surface area contributed by atoms with Gasteiger partial charge in [-0.15, -0.1) is 0 Å². The average molecular weight is 453 g/mol. The van der Waals surface area contributed by atoms with Crippen molar-refractivity contribution in [3.05, 3.63) is 35.7 Å². The van der Waals surface area contributed by atoms with E-state index in [1.54, 1.807) is 4.40 Å². The highest BCUT2D eigenvalue weighted by Gasteiger charge is 2.31. The number of halogens is 4. The first kappa shape index (κ1) is 21.7. The van der Waals surface area contributed by atoms with Crippen LogP contribution in [0, 0.1) is 11.3 Å². The Morgan fingerprint density at radius 2 is 2.19 bits per heavy atom. The van der Waals surface area contributed by atoms with E-state index in [-0.39, 0.29) is 11.8 Å². The van der Waals surface area contributed by atoms with Gasteiger partial charge in [0.25, 0.3) is 0 Å². The Bertz CT molecular complexity index is 1130. The maximum absolute atomic E-state index is 13.2. The number of hydrogen-bond acceptors (Lipinski definition) is 5. The molecule has 1 atom stereocenters. The normalized spacial score (nSPS) is 17.0. The first-order valence-electron chi connectivity index (χ1n) is 9.94. The molecular formula is C21H20ClF3N4O2. The van der Waals surface area contributed by atoms with E-state index in [0.29, 0.717) is 42.2 Å². The maximum Gasteiger partial charge on any atom is 0.416 e. The van der Waals surface area contributed by atoms with Crippen LogP contribution in [-0.2, 0) is 15.7 Å². The Hall–Kier alpha value is -2.54. The molecule has 4 rings (SSSR count). The summed E-state index contributed by atoms with van der Waals surface area (Å²) in [5.41, 5.74) is 0.769. The Balaban J connectivity index is 1.57. The minimum absolute atomic E-state index is 0.163. The molecule has 1 N–H and O–H groups in total. The molecule has 0 spiro atoms. The van der Waals surface area contributed by atoms with Crippen molar-refractivity contribution in [2.24, 2.45) is 0 Å². The summed E-state index contributed by atoms with van der Waals surface area (Å²) < 4.78 is 52.4. The first-order chi connectivity index (χ1) is 15.0. The van der Waals surface area contributed by atoms with Crippen LogP contribution >= 0.6 is 11.6 Å². The van der Waals surface area contributed by atoms with E-state index >= 15 is 0 Å². The molecule has 164 valence electrons. The highest BCUT2D eigenvalue weighted by Crippen LogP contribution is 2.32. The molecule has 3 aromatic rings. The second-order valence-electron chi connectivity index (χ2n) is 7.13. The molecule has 1 fully saturated rings. The van der Waals surface area contributed by atoms with Crippen molar-refractivity contribution in [1.82, 2.24) is 14.4 Å². The summed E-state index contributed by atoms with van der Waals surface area (Å²) >= 11 is 5.55. The zero-order valence-corrected chi connectivity index (χ0v) is 17.3. The van der Waals surface area contributed by atoms with E-state index in [1.165, 1.54) is 12.3 Å². The number of alkyl halides is 3. The van der Waals surface area contributed by atoms with Crippen LogP contribution in [0.25, 0.3) is 16.7 Å². The van der Waals surface area contributed by atoms with Crippen molar-refractivity contribution in [3.63, 3.8) is 0 Å². The number of hydrogen-bond donors (Lipinski definition) is 1. The monoisotopic (exact) mass is 452 g/mol. The van der Waals surface area contributed by atoms with Crippen molar-refractivity contribution >= 4 is 34.1 Å². The molecule has 1 unspecified atom stereocenters. The van der Waals surface area contributed by atoms with Gasteiger partial charge in [-0.25, -0.2) is 9.97 Å². The highest BCUT2D eigenvalue weighted by atomic mass is 35.5. The van der Waals surface area contributed by atoms with Crippen LogP contribution in [0.4, 0.5) is 19.0 Å². The molecule has 3 heterocycles. The van der Waals surface area contributed by atoms with Crippen LogP contribution in [0.5, 0.6) is 0 Å². The van der Waals surface area contributed by atoms with Gasteiger partial charge in [0.05, 0.1) is 29.4 Å². The quantitative estimate of drug-likeness (QED) is 0.430. The second-order valence-corrected chi connectivity index (χ2v) is 7.32. The number of rotatable bonds is 6.